The third-order valence-corrected chi connectivity index (χ3v) is 2.68. The number of carboxylic acid groups (broad SMARTS) is 1. The van der Waals surface area contributed by atoms with Crippen LogP contribution in [0.1, 0.15) is 35.9 Å². The lowest BCUT2D eigenvalue weighted by atomic mass is 10.2. The third-order valence-electron chi connectivity index (χ3n) is 2.68. The normalized spacial score (nSPS) is 11.2. The molecule has 0 amide bonds. The van der Waals surface area contributed by atoms with Crippen LogP contribution in [0.25, 0.3) is 11.0 Å². The fourth-order valence-corrected chi connectivity index (χ4v) is 1.87. The molecule has 0 fully saturated rings. The molecule has 1 heterocycles. The Morgan fingerprint density at radius 2 is 2.12 bits per heavy atom. The van der Waals surface area contributed by atoms with Crippen molar-refractivity contribution in [2.75, 3.05) is 0 Å². The topological polar surface area (TPSA) is 55.1 Å². The molecule has 1 aromatic carbocycles. The summed E-state index contributed by atoms with van der Waals surface area (Å²) in [5, 5.41) is 8.89. The van der Waals surface area contributed by atoms with Crippen molar-refractivity contribution in [3.63, 3.8) is 0 Å². The maximum atomic E-state index is 10.8. The quantitative estimate of drug-likeness (QED) is 0.842. The van der Waals surface area contributed by atoms with E-state index in [-0.39, 0.29) is 5.56 Å². The van der Waals surface area contributed by atoms with Crippen LogP contribution in [0.2, 0.25) is 0 Å². The average Bonchev–Trinajstić information content (AvgIpc) is 2.55. The number of hydrogen-bond acceptors (Lipinski definition) is 2. The van der Waals surface area contributed by atoms with E-state index >= 15 is 0 Å². The summed E-state index contributed by atoms with van der Waals surface area (Å²) >= 11 is 0. The van der Waals surface area contributed by atoms with Gasteiger partial charge >= 0.3 is 5.97 Å². The third kappa shape index (κ3) is 1.56. The van der Waals surface area contributed by atoms with Gasteiger partial charge in [-0.25, -0.2) is 9.78 Å². The molecular formula is C12H14N2O2. The minimum Gasteiger partial charge on any atom is -0.478 e. The zero-order chi connectivity index (χ0) is 11.9. The summed E-state index contributed by atoms with van der Waals surface area (Å²) in [6.07, 6.45) is 0. The number of carboxylic acids is 1. The molecule has 0 spiro atoms. The second-order valence-electron chi connectivity index (χ2n) is 4.19. The van der Waals surface area contributed by atoms with Crippen molar-refractivity contribution in [2.45, 2.75) is 19.8 Å². The SMILES string of the molecule is CC(C)c1nc2cc(C(=O)O)ccc2n1C. The van der Waals surface area contributed by atoms with Crippen molar-refractivity contribution in [2.24, 2.45) is 7.05 Å². The molecule has 0 aliphatic heterocycles. The van der Waals surface area contributed by atoms with Crippen LogP contribution in [-0.2, 0) is 7.05 Å². The molecular weight excluding hydrogens is 204 g/mol. The molecule has 0 aliphatic carbocycles. The number of aromatic carboxylic acids is 1. The van der Waals surface area contributed by atoms with Crippen LogP contribution < -0.4 is 0 Å². The second-order valence-corrected chi connectivity index (χ2v) is 4.19. The minimum absolute atomic E-state index is 0.279. The number of rotatable bonds is 2. The molecule has 84 valence electrons. The highest BCUT2D eigenvalue weighted by molar-refractivity contribution is 5.92. The van der Waals surface area contributed by atoms with Gasteiger partial charge in [0.1, 0.15) is 5.82 Å². The molecule has 0 unspecified atom stereocenters. The monoisotopic (exact) mass is 218 g/mol. The van der Waals surface area contributed by atoms with Crippen LogP contribution >= 0.6 is 0 Å². The van der Waals surface area contributed by atoms with Crippen LogP contribution in [0.3, 0.4) is 0 Å². The number of aryl methyl sites for hydroxylation is 1. The molecule has 2 aromatic rings. The van der Waals surface area contributed by atoms with Gasteiger partial charge in [0.15, 0.2) is 0 Å². The molecule has 0 aliphatic rings. The number of benzene rings is 1. The Hall–Kier alpha value is -1.84. The molecule has 1 aromatic heterocycles. The van der Waals surface area contributed by atoms with Gasteiger partial charge in [0, 0.05) is 13.0 Å². The number of aromatic nitrogens is 2. The second kappa shape index (κ2) is 3.63. The Balaban J connectivity index is 2.67. The molecule has 4 nitrogen and oxygen atoms in total. The largest absolute Gasteiger partial charge is 0.478 e. The average molecular weight is 218 g/mol. The number of hydrogen-bond donors (Lipinski definition) is 1. The zero-order valence-electron chi connectivity index (χ0n) is 9.56. The number of fused-ring (bicyclic) bond motifs is 1. The first-order chi connectivity index (χ1) is 7.50. The lowest BCUT2D eigenvalue weighted by Crippen LogP contribution is -1.99. The molecule has 0 radical (unpaired) electrons. The van der Waals surface area contributed by atoms with Crippen molar-refractivity contribution in [3.05, 3.63) is 29.6 Å². The van der Waals surface area contributed by atoms with E-state index in [0.29, 0.717) is 5.92 Å². The summed E-state index contributed by atoms with van der Waals surface area (Å²) in [6, 6.07) is 5.03. The summed E-state index contributed by atoms with van der Waals surface area (Å²) in [5.41, 5.74) is 1.99. The summed E-state index contributed by atoms with van der Waals surface area (Å²) in [4.78, 5) is 15.3. The van der Waals surface area contributed by atoms with E-state index in [2.05, 4.69) is 18.8 Å². The highest BCUT2D eigenvalue weighted by Gasteiger charge is 2.12. The van der Waals surface area contributed by atoms with Crippen molar-refractivity contribution in [3.8, 4) is 0 Å². The first kappa shape index (κ1) is 10.7. The van der Waals surface area contributed by atoms with Crippen LogP contribution in [0, 0.1) is 0 Å². The highest BCUT2D eigenvalue weighted by Crippen LogP contribution is 2.21. The van der Waals surface area contributed by atoms with Crippen molar-refractivity contribution >= 4 is 17.0 Å². The lowest BCUT2D eigenvalue weighted by Gasteiger charge is -2.04. The standard InChI is InChI=1S/C12H14N2O2/c1-7(2)11-13-9-6-8(12(15)16)4-5-10(9)14(11)3/h4-7H,1-3H3,(H,15,16). The molecule has 16 heavy (non-hydrogen) atoms. The molecule has 0 atom stereocenters. The van der Waals surface area contributed by atoms with E-state index in [4.69, 9.17) is 5.11 Å². The van der Waals surface area contributed by atoms with Crippen LogP contribution in [-0.4, -0.2) is 20.6 Å². The Bertz CT molecular complexity index is 555. The fraction of sp³-hybridized carbons (Fsp3) is 0.333. The van der Waals surface area contributed by atoms with Crippen molar-refractivity contribution in [1.82, 2.24) is 9.55 Å². The Morgan fingerprint density at radius 1 is 1.44 bits per heavy atom. The maximum absolute atomic E-state index is 10.8. The van der Waals surface area contributed by atoms with E-state index in [1.807, 2.05) is 11.6 Å². The molecule has 0 saturated heterocycles. The van der Waals surface area contributed by atoms with Gasteiger partial charge in [0.2, 0.25) is 0 Å². The Morgan fingerprint density at radius 3 is 2.69 bits per heavy atom. The molecule has 0 bridgehead atoms. The van der Waals surface area contributed by atoms with Crippen LogP contribution in [0.5, 0.6) is 0 Å². The van der Waals surface area contributed by atoms with Gasteiger partial charge in [-0.05, 0) is 18.2 Å². The molecule has 4 heteroatoms. The van der Waals surface area contributed by atoms with Crippen LogP contribution in [0.4, 0.5) is 0 Å². The van der Waals surface area contributed by atoms with Gasteiger partial charge in [-0.2, -0.15) is 0 Å². The predicted octanol–water partition coefficient (Wildman–Crippen LogP) is 2.39. The smallest absolute Gasteiger partial charge is 0.335 e. The highest BCUT2D eigenvalue weighted by atomic mass is 16.4. The predicted molar refractivity (Wildman–Crippen MR) is 61.8 cm³/mol. The van der Waals surface area contributed by atoms with E-state index in [9.17, 15) is 4.79 Å². The first-order valence-corrected chi connectivity index (χ1v) is 5.20. The summed E-state index contributed by atoms with van der Waals surface area (Å²) < 4.78 is 2.01. The van der Waals surface area contributed by atoms with E-state index in [0.717, 1.165) is 16.9 Å². The van der Waals surface area contributed by atoms with Crippen molar-refractivity contribution < 1.29 is 9.90 Å². The molecule has 1 N–H and O–H groups in total. The number of nitrogens with zero attached hydrogens (tertiary/aromatic N) is 2. The maximum Gasteiger partial charge on any atom is 0.335 e. The van der Waals surface area contributed by atoms with E-state index in [1.54, 1.807) is 18.2 Å². The summed E-state index contributed by atoms with van der Waals surface area (Å²) in [6.45, 7) is 4.14. The molecule has 0 saturated carbocycles. The fourth-order valence-electron chi connectivity index (χ4n) is 1.87. The van der Waals surface area contributed by atoms with Gasteiger partial charge in [-0.3, -0.25) is 0 Å². The van der Waals surface area contributed by atoms with Crippen LogP contribution in [0.15, 0.2) is 18.2 Å². The van der Waals surface area contributed by atoms with E-state index < -0.39 is 5.97 Å². The van der Waals surface area contributed by atoms with Gasteiger partial charge in [0.25, 0.3) is 0 Å². The first-order valence-electron chi connectivity index (χ1n) is 5.20. The minimum atomic E-state index is -0.918. The lowest BCUT2D eigenvalue weighted by molar-refractivity contribution is 0.0697. The van der Waals surface area contributed by atoms with E-state index in [1.165, 1.54) is 0 Å². The zero-order valence-corrected chi connectivity index (χ0v) is 9.56. The summed E-state index contributed by atoms with van der Waals surface area (Å²) in [5.74, 6) is 0.377. The number of carbonyl (C=O) groups is 1. The Kier molecular flexibility index (Phi) is 2.42. The van der Waals surface area contributed by atoms with Gasteiger partial charge < -0.3 is 9.67 Å². The Labute approximate surface area is 93.5 Å². The number of imidazole rings is 1. The van der Waals surface area contributed by atoms with Gasteiger partial charge in [-0.1, -0.05) is 13.8 Å². The molecule has 2 rings (SSSR count). The van der Waals surface area contributed by atoms with Crippen molar-refractivity contribution in [1.29, 1.82) is 0 Å². The van der Waals surface area contributed by atoms with Gasteiger partial charge in [0.05, 0.1) is 16.6 Å². The van der Waals surface area contributed by atoms with Gasteiger partial charge in [-0.15, -0.1) is 0 Å². The summed E-state index contributed by atoms with van der Waals surface area (Å²) in [7, 11) is 1.95.